The van der Waals surface area contributed by atoms with Crippen molar-refractivity contribution in [3.63, 3.8) is 0 Å². The Bertz CT molecular complexity index is 417. The molecule has 0 aliphatic carbocycles. The molecule has 2 rings (SSSR count). The first kappa shape index (κ1) is 14.7. The minimum absolute atomic E-state index is 0.545. The lowest BCUT2D eigenvalue weighted by molar-refractivity contribution is 0.230. The van der Waals surface area contributed by atoms with Gasteiger partial charge in [0.2, 0.25) is 0 Å². The maximum absolute atomic E-state index is 6.30. The molecule has 0 amide bonds. The van der Waals surface area contributed by atoms with E-state index in [0.717, 1.165) is 10.7 Å². The number of aryl methyl sites for hydroxylation is 1. The van der Waals surface area contributed by atoms with Gasteiger partial charge in [-0.1, -0.05) is 17.7 Å². The zero-order valence-electron chi connectivity index (χ0n) is 12.2. The van der Waals surface area contributed by atoms with Gasteiger partial charge in [0.15, 0.2) is 0 Å². The molecule has 1 N–H and O–H groups in total. The van der Waals surface area contributed by atoms with Crippen molar-refractivity contribution in [2.24, 2.45) is 0 Å². The van der Waals surface area contributed by atoms with Crippen LogP contribution in [0, 0.1) is 6.92 Å². The summed E-state index contributed by atoms with van der Waals surface area (Å²) in [7, 11) is 0. The maximum atomic E-state index is 6.30. The van der Waals surface area contributed by atoms with Gasteiger partial charge in [0.1, 0.15) is 0 Å². The third-order valence-corrected chi connectivity index (χ3v) is 4.29. The lowest BCUT2D eigenvalue weighted by Gasteiger charge is -2.24. The van der Waals surface area contributed by atoms with E-state index in [4.69, 9.17) is 11.6 Å². The van der Waals surface area contributed by atoms with E-state index in [1.54, 1.807) is 0 Å². The van der Waals surface area contributed by atoms with Crippen LogP contribution in [0.1, 0.15) is 38.7 Å². The molecule has 0 radical (unpaired) electrons. The molecule has 1 heterocycles. The largest absolute Gasteiger partial charge is 0.381 e. The number of anilines is 1. The lowest BCUT2D eigenvalue weighted by Crippen LogP contribution is -2.32. The molecule has 1 unspecified atom stereocenters. The summed E-state index contributed by atoms with van der Waals surface area (Å²) in [5.41, 5.74) is 2.29. The Morgan fingerprint density at radius 2 is 2.05 bits per heavy atom. The predicted molar refractivity (Wildman–Crippen MR) is 84.2 cm³/mol. The Balaban J connectivity index is 1.96. The van der Waals surface area contributed by atoms with Gasteiger partial charge >= 0.3 is 0 Å². The topological polar surface area (TPSA) is 15.3 Å². The number of nitrogens with zero attached hydrogens (tertiary/aromatic N) is 1. The van der Waals surface area contributed by atoms with Gasteiger partial charge < -0.3 is 10.2 Å². The Morgan fingerprint density at radius 3 is 2.74 bits per heavy atom. The van der Waals surface area contributed by atoms with Crippen molar-refractivity contribution in [3.8, 4) is 0 Å². The fraction of sp³-hybridized carbons (Fsp3) is 0.625. The summed E-state index contributed by atoms with van der Waals surface area (Å²) in [6.07, 6.45) is 3.69. The summed E-state index contributed by atoms with van der Waals surface area (Å²) in [5.74, 6) is 0. The fourth-order valence-corrected chi connectivity index (χ4v) is 3.03. The number of nitrogens with one attached hydrogen (secondary N) is 1. The Morgan fingerprint density at radius 1 is 1.26 bits per heavy atom. The number of likely N-dealkylation sites (tertiary alicyclic amines) is 1. The average molecular weight is 281 g/mol. The molecule has 19 heavy (non-hydrogen) atoms. The van der Waals surface area contributed by atoms with Crippen molar-refractivity contribution in [1.82, 2.24) is 4.90 Å². The molecule has 1 fully saturated rings. The number of hydrogen-bond donors (Lipinski definition) is 1. The second-order valence-corrected chi connectivity index (χ2v) is 6.29. The first-order chi connectivity index (χ1) is 9.06. The smallest absolute Gasteiger partial charge is 0.0640 e. The first-order valence-electron chi connectivity index (χ1n) is 7.33. The fourth-order valence-electron chi connectivity index (χ4n) is 2.74. The van der Waals surface area contributed by atoms with Gasteiger partial charge in [-0.25, -0.2) is 0 Å². The van der Waals surface area contributed by atoms with Crippen LogP contribution in [0.5, 0.6) is 0 Å². The standard InChI is InChI=1S/C16H25ClN2/c1-12(2)19-9-4-5-14(8-10-19)18-16-7-6-13(3)11-15(16)17/h6-7,11-12,14,18H,4-5,8-10H2,1-3H3. The van der Waals surface area contributed by atoms with Crippen molar-refractivity contribution < 1.29 is 0 Å². The van der Waals surface area contributed by atoms with Crippen LogP contribution in [0.4, 0.5) is 5.69 Å². The number of halogens is 1. The summed E-state index contributed by atoms with van der Waals surface area (Å²) in [5, 5.41) is 4.46. The molecule has 0 bridgehead atoms. The summed E-state index contributed by atoms with van der Waals surface area (Å²) in [6, 6.07) is 7.44. The van der Waals surface area contributed by atoms with Gasteiger partial charge in [0, 0.05) is 18.6 Å². The monoisotopic (exact) mass is 280 g/mol. The molecule has 1 saturated heterocycles. The van der Waals surface area contributed by atoms with Crippen LogP contribution in [0.2, 0.25) is 5.02 Å². The van der Waals surface area contributed by atoms with E-state index in [1.807, 2.05) is 6.07 Å². The molecule has 1 atom stereocenters. The quantitative estimate of drug-likeness (QED) is 0.887. The summed E-state index contributed by atoms with van der Waals surface area (Å²) in [4.78, 5) is 2.57. The van der Waals surface area contributed by atoms with E-state index < -0.39 is 0 Å². The van der Waals surface area contributed by atoms with E-state index >= 15 is 0 Å². The number of benzene rings is 1. The van der Waals surface area contributed by atoms with Crippen LogP contribution in [0.15, 0.2) is 18.2 Å². The maximum Gasteiger partial charge on any atom is 0.0640 e. The van der Waals surface area contributed by atoms with E-state index in [0.29, 0.717) is 12.1 Å². The highest BCUT2D eigenvalue weighted by molar-refractivity contribution is 6.33. The SMILES string of the molecule is Cc1ccc(NC2CCCN(C(C)C)CC2)c(Cl)c1. The van der Waals surface area contributed by atoms with Gasteiger partial charge in [-0.2, -0.15) is 0 Å². The van der Waals surface area contributed by atoms with Crippen molar-refractivity contribution in [2.45, 2.75) is 52.1 Å². The van der Waals surface area contributed by atoms with Crippen LogP contribution in [0.3, 0.4) is 0 Å². The van der Waals surface area contributed by atoms with Crippen LogP contribution < -0.4 is 5.32 Å². The van der Waals surface area contributed by atoms with Crippen molar-refractivity contribution in [2.75, 3.05) is 18.4 Å². The highest BCUT2D eigenvalue weighted by atomic mass is 35.5. The number of rotatable bonds is 3. The van der Waals surface area contributed by atoms with E-state index in [2.05, 4.69) is 43.1 Å². The molecule has 1 aliphatic heterocycles. The number of hydrogen-bond acceptors (Lipinski definition) is 2. The average Bonchev–Trinajstić information content (AvgIpc) is 2.58. The van der Waals surface area contributed by atoms with Crippen molar-refractivity contribution >= 4 is 17.3 Å². The van der Waals surface area contributed by atoms with Crippen molar-refractivity contribution in [3.05, 3.63) is 28.8 Å². The van der Waals surface area contributed by atoms with Crippen molar-refractivity contribution in [1.29, 1.82) is 0 Å². The summed E-state index contributed by atoms with van der Waals surface area (Å²) >= 11 is 6.30. The first-order valence-corrected chi connectivity index (χ1v) is 7.71. The molecule has 1 aliphatic rings. The van der Waals surface area contributed by atoms with E-state index in [1.165, 1.54) is 37.9 Å². The molecule has 2 nitrogen and oxygen atoms in total. The Labute approximate surface area is 122 Å². The van der Waals surface area contributed by atoms with Crippen LogP contribution in [0.25, 0.3) is 0 Å². The molecule has 3 heteroatoms. The summed E-state index contributed by atoms with van der Waals surface area (Å²) < 4.78 is 0. The highest BCUT2D eigenvalue weighted by Gasteiger charge is 2.18. The minimum atomic E-state index is 0.545. The summed E-state index contributed by atoms with van der Waals surface area (Å²) in [6.45, 7) is 9.04. The second-order valence-electron chi connectivity index (χ2n) is 5.89. The Kier molecular flexibility index (Phi) is 5.12. The molecule has 0 saturated carbocycles. The van der Waals surface area contributed by atoms with Crippen LogP contribution in [-0.2, 0) is 0 Å². The zero-order chi connectivity index (χ0) is 13.8. The molecule has 0 spiro atoms. The van der Waals surface area contributed by atoms with Gasteiger partial charge in [-0.3, -0.25) is 0 Å². The van der Waals surface area contributed by atoms with E-state index in [-0.39, 0.29) is 0 Å². The van der Waals surface area contributed by atoms with E-state index in [9.17, 15) is 0 Å². The zero-order valence-corrected chi connectivity index (χ0v) is 13.0. The van der Waals surface area contributed by atoms with Gasteiger partial charge in [-0.15, -0.1) is 0 Å². The molecular weight excluding hydrogens is 256 g/mol. The van der Waals surface area contributed by atoms with Gasteiger partial charge in [0.05, 0.1) is 10.7 Å². The van der Waals surface area contributed by atoms with Gasteiger partial charge in [0.25, 0.3) is 0 Å². The molecular formula is C16H25ClN2. The Hall–Kier alpha value is -0.730. The third kappa shape index (κ3) is 4.12. The molecule has 1 aromatic rings. The molecule has 1 aromatic carbocycles. The predicted octanol–water partition coefficient (Wildman–Crippen LogP) is 4.32. The lowest BCUT2D eigenvalue weighted by atomic mass is 10.1. The minimum Gasteiger partial charge on any atom is -0.381 e. The molecule has 106 valence electrons. The normalized spacial score (nSPS) is 21.4. The third-order valence-electron chi connectivity index (χ3n) is 3.98. The molecule has 0 aromatic heterocycles. The highest BCUT2D eigenvalue weighted by Crippen LogP contribution is 2.25. The second kappa shape index (κ2) is 6.62. The van der Waals surface area contributed by atoms with Crippen LogP contribution in [-0.4, -0.2) is 30.1 Å². The van der Waals surface area contributed by atoms with Gasteiger partial charge in [-0.05, 0) is 64.3 Å². The van der Waals surface area contributed by atoms with Crippen LogP contribution >= 0.6 is 11.6 Å².